The van der Waals surface area contributed by atoms with Gasteiger partial charge in [0.15, 0.2) is 0 Å². The summed E-state index contributed by atoms with van der Waals surface area (Å²) in [5, 5.41) is 0. The van der Waals surface area contributed by atoms with Gasteiger partial charge in [-0.1, -0.05) is 60.7 Å². The van der Waals surface area contributed by atoms with Crippen molar-refractivity contribution >= 4 is 0 Å². The molecule has 0 spiro atoms. The lowest BCUT2D eigenvalue weighted by molar-refractivity contribution is 0.0913. The first-order valence-corrected chi connectivity index (χ1v) is 6.83. The maximum atomic E-state index is 6.23. The Morgan fingerprint density at radius 1 is 0.895 bits per heavy atom. The maximum absolute atomic E-state index is 6.23. The molecule has 0 saturated carbocycles. The van der Waals surface area contributed by atoms with E-state index in [2.05, 4.69) is 48.5 Å². The molecule has 0 amide bonds. The van der Waals surface area contributed by atoms with Gasteiger partial charge in [0.25, 0.3) is 0 Å². The van der Waals surface area contributed by atoms with E-state index in [4.69, 9.17) is 10.5 Å². The molecule has 0 aliphatic carbocycles. The van der Waals surface area contributed by atoms with Crippen molar-refractivity contribution in [1.82, 2.24) is 0 Å². The van der Waals surface area contributed by atoms with E-state index in [0.717, 1.165) is 13.0 Å². The first kappa shape index (κ1) is 12.4. The van der Waals surface area contributed by atoms with Crippen molar-refractivity contribution in [2.24, 2.45) is 5.73 Å². The highest BCUT2D eigenvalue weighted by Gasteiger charge is 2.34. The highest BCUT2D eigenvalue weighted by molar-refractivity contribution is 5.34. The molecule has 2 nitrogen and oxygen atoms in total. The molecule has 1 heterocycles. The van der Waals surface area contributed by atoms with Crippen LogP contribution < -0.4 is 5.73 Å². The van der Waals surface area contributed by atoms with Gasteiger partial charge in [0.2, 0.25) is 0 Å². The lowest BCUT2D eigenvalue weighted by Crippen LogP contribution is -2.35. The predicted octanol–water partition coefficient (Wildman–Crippen LogP) is 2.93. The normalized spacial score (nSPS) is 22.8. The van der Waals surface area contributed by atoms with Crippen molar-refractivity contribution in [3.05, 3.63) is 71.8 Å². The van der Waals surface area contributed by atoms with E-state index in [1.807, 2.05) is 12.1 Å². The molecule has 0 aromatic heterocycles. The number of benzene rings is 2. The fourth-order valence-electron chi connectivity index (χ4n) is 2.86. The summed E-state index contributed by atoms with van der Waals surface area (Å²) in [6.07, 6.45) is 1.02. The topological polar surface area (TPSA) is 35.2 Å². The van der Waals surface area contributed by atoms with Crippen molar-refractivity contribution in [2.45, 2.75) is 24.5 Å². The maximum Gasteiger partial charge on any atom is 0.0835 e. The smallest absolute Gasteiger partial charge is 0.0835 e. The van der Waals surface area contributed by atoms with Gasteiger partial charge in [-0.15, -0.1) is 0 Å². The summed E-state index contributed by atoms with van der Waals surface area (Å²) >= 11 is 0. The van der Waals surface area contributed by atoms with Crippen LogP contribution in [0, 0.1) is 0 Å². The third-order valence-corrected chi connectivity index (χ3v) is 3.83. The summed E-state index contributed by atoms with van der Waals surface area (Å²) in [6, 6.07) is 21.1. The highest BCUT2D eigenvalue weighted by Crippen LogP contribution is 2.34. The molecule has 2 atom stereocenters. The Bertz CT molecular complexity index is 472. The van der Waals surface area contributed by atoms with Gasteiger partial charge in [-0.05, 0) is 17.5 Å². The molecular weight excluding hydrogens is 234 g/mol. The highest BCUT2D eigenvalue weighted by atomic mass is 16.5. The SMILES string of the molecule is NC1CCOC1C(c1ccccc1)c1ccccc1. The molecule has 19 heavy (non-hydrogen) atoms. The van der Waals surface area contributed by atoms with Crippen LogP contribution in [0.3, 0.4) is 0 Å². The van der Waals surface area contributed by atoms with E-state index in [0.29, 0.717) is 0 Å². The van der Waals surface area contributed by atoms with Gasteiger partial charge >= 0.3 is 0 Å². The van der Waals surface area contributed by atoms with Crippen LogP contribution in [0.5, 0.6) is 0 Å². The van der Waals surface area contributed by atoms with E-state index in [9.17, 15) is 0 Å². The van der Waals surface area contributed by atoms with Gasteiger partial charge in [0, 0.05) is 18.6 Å². The summed E-state index contributed by atoms with van der Waals surface area (Å²) < 4.78 is 5.91. The largest absolute Gasteiger partial charge is 0.376 e. The van der Waals surface area contributed by atoms with Gasteiger partial charge < -0.3 is 10.5 Å². The average molecular weight is 253 g/mol. The van der Waals surface area contributed by atoms with Crippen LogP contribution in [0.15, 0.2) is 60.7 Å². The van der Waals surface area contributed by atoms with E-state index in [1.54, 1.807) is 0 Å². The summed E-state index contributed by atoms with van der Waals surface area (Å²) in [7, 11) is 0. The standard InChI is InChI=1S/C17H19NO/c18-15-11-12-19-17(15)16(13-7-3-1-4-8-13)14-9-5-2-6-10-14/h1-10,15-17H,11-12,18H2. The minimum absolute atomic E-state index is 0.0739. The molecule has 98 valence electrons. The van der Waals surface area contributed by atoms with Crippen LogP contribution in [0.25, 0.3) is 0 Å². The molecule has 2 heteroatoms. The quantitative estimate of drug-likeness (QED) is 0.912. The number of nitrogens with two attached hydrogens (primary N) is 1. The summed E-state index contributed by atoms with van der Waals surface area (Å²) in [4.78, 5) is 0. The molecular formula is C17H19NO. The first-order valence-electron chi connectivity index (χ1n) is 6.83. The van der Waals surface area contributed by atoms with Gasteiger partial charge in [0.05, 0.1) is 6.10 Å². The van der Waals surface area contributed by atoms with Crippen molar-refractivity contribution in [2.75, 3.05) is 6.61 Å². The van der Waals surface area contributed by atoms with Crippen LogP contribution in [0.1, 0.15) is 23.5 Å². The Morgan fingerprint density at radius 3 is 1.84 bits per heavy atom. The molecule has 0 radical (unpaired) electrons. The first-order chi connectivity index (χ1) is 9.36. The third-order valence-electron chi connectivity index (χ3n) is 3.83. The second kappa shape index (κ2) is 5.55. The second-order valence-corrected chi connectivity index (χ2v) is 5.09. The Labute approximate surface area is 114 Å². The van der Waals surface area contributed by atoms with Gasteiger partial charge in [0.1, 0.15) is 0 Å². The molecule has 3 rings (SSSR count). The predicted molar refractivity (Wildman–Crippen MR) is 77.1 cm³/mol. The van der Waals surface area contributed by atoms with E-state index in [-0.39, 0.29) is 18.1 Å². The third kappa shape index (κ3) is 2.55. The Balaban J connectivity index is 2.01. The summed E-state index contributed by atoms with van der Waals surface area (Å²) in [6.45, 7) is 0.766. The summed E-state index contributed by atoms with van der Waals surface area (Å²) in [5.74, 6) is 0.222. The van der Waals surface area contributed by atoms with E-state index < -0.39 is 0 Å². The van der Waals surface area contributed by atoms with Crippen molar-refractivity contribution in [3.8, 4) is 0 Å². The minimum Gasteiger partial charge on any atom is -0.376 e. The van der Waals surface area contributed by atoms with Crippen LogP contribution in [0.4, 0.5) is 0 Å². The molecule has 0 bridgehead atoms. The molecule has 1 aliphatic rings. The van der Waals surface area contributed by atoms with Crippen LogP contribution >= 0.6 is 0 Å². The zero-order valence-electron chi connectivity index (χ0n) is 10.9. The molecule has 1 fully saturated rings. The molecule has 2 unspecified atom stereocenters. The number of hydrogen-bond acceptors (Lipinski definition) is 2. The average Bonchev–Trinajstić information content (AvgIpc) is 2.88. The van der Waals surface area contributed by atoms with Crippen LogP contribution in [-0.2, 0) is 4.74 Å². The fourth-order valence-corrected chi connectivity index (χ4v) is 2.86. The number of hydrogen-bond donors (Lipinski definition) is 1. The lowest BCUT2D eigenvalue weighted by Gasteiger charge is -2.27. The minimum atomic E-state index is 0.0739. The number of rotatable bonds is 3. The van der Waals surface area contributed by atoms with Gasteiger partial charge in [-0.2, -0.15) is 0 Å². The second-order valence-electron chi connectivity index (χ2n) is 5.09. The lowest BCUT2D eigenvalue weighted by atomic mass is 9.84. The Morgan fingerprint density at radius 2 is 1.42 bits per heavy atom. The van der Waals surface area contributed by atoms with Crippen molar-refractivity contribution < 1.29 is 4.74 Å². The zero-order chi connectivity index (χ0) is 13.1. The fraction of sp³-hybridized carbons (Fsp3) is 0.294. The van der Waals surface area contributed by atoms with Crippen molar-refractivity contribution in [3.63, 3.8) is 0 Å². The summed E-state index contributed by atoms with van der Waals surface area (Å²) in [5.41, 5.74) is 8.78. The molecule has 2 aromatic rings. The van der Waals surface area contributed by atoms with E-state index >= 15 is 0 Å². The van der Waals surface area contributed by atoms with Crippen LogP contribution in [-0.4, -0.2) is 18.8 Å². The van der Waals surface area contributed by atoms with E-state index in [1.165, 1.54) is 11.1 Å². The van der Waals surface area contributed by atoms with Crippen molar-refractivity contribution in [1.29, 1.82) is 0 Å². The Hall–Kier alpha value is -1.64. The van der Waals surface area contributed by atoms with Gasteiger partial charge in [-0.25, -0.2) is 0 Å². The molecule has 2 N–H and O–H groups in total. The Kier molecular flexibility index (Phi) is 3.62. The monoisotopic (exact) mass is 253 g/mol. The zero-order valence-corrected chi connectivity index (χ0v) is 10.9. The number of ether oxygens (including phenoxy) is 1. The molecule has 1 saturated heterocycles. The van der Waals surface area contributed by atoms with Crippen LogP contribution in [0.2, 0.25) is 0 Å². The molecule has 1 aliphatic heterocycles. The molecule has 2 aromatic carbocycles. The van der Waals surface area contributed by atoms with Gasteiger partial charge in [-0.3, -0.25) is 0 Å².